The number of fused-ring (bicyclic) bond motifs is 3. The summed E-state index contributed by atoms with van der Waals surface area (Å²) in [6, 6.07) is 74.0. The van der Waals surface area contributed by atoms with Crippen LogP contribution in [0.1, 0.15) is 0 Å². The molecule has 1 heterocycles. The van der Waals surface area contributed by atoms with Gasteiger partial charge < -0.3 is 9.47 Å². The van der Waals surface area contributed by atoms with Gasteiger partial charge in [-0.05, 0) is 100 Å². The number of nitrogens with zero attached hydrogens (tertiary/aromatic N) is 2. The Morgan fingerprint density at radius 3 is 1.28 bits per heavy atom. The number of hydrogen-bond donors (Lipinski definition) is 0. The molecular formula is C48H34N2. The number of rotatable bonds is 7. The van der Waals surface area contributed by atoms with Crippen molar-refractivity contribution in [3.63, 3.8) is 0 Å². The molecule has 0 N–H and O–H groups in total. The zero-order valence-corrected chi connectivity index (χ0v) is 27.5. The van der Waals surface area contributed by atoms with Crippen LogP contribution in [0, 0.1) is 0 Å². The van der Waals surface area contributed by atoms with Gasteiger partial charge in [-0.3, -0.25) is 0 Å². The van der Waals surface area contributed by atoms with E-state index in [1.54, 1.807) is 0 Å². The van der Waals surface area contributed by atoms with Crippen LogP contribution in [0.5, 0.6) is 0 Å². The van der Waals surface area contributed by atoms with Crippen LogP contribution in [-0.4, -0.2) is 4.57 Å². The molecular weight excluding hydrogens is 605 g/mol. The molecule has 0 saturated carbocycles. The third kappa shape index (κ3) is 5.43. The van der Waals surface area contributed by atoms with Gasteiger partial charge in [0.05, 0.1) is 11.0 Å². The molecule has 0 bridgehead atoms. The molecule has 0 aliphatic rings. The fourth-order valence-corrected chi connectivity index (χ4v) is 7.16. The number of anilines is 3. The third-order valence-electron chi connectivity index (χ3n) is 9.59. The summed E-state index contributed by atoms with van der Waals surface area (Å²) in [4.78, 5) is 2.31. The van der Waals surface area contributed by atoms with Crippen LogP contribution in [0.2, 0.25) is 0 Å². The molecule has 0 spiro atoms. The number of aromatic nitrogens is 1. The lowest BCUT2D eigenvalue weighted by atomic mass is 9.98. The van der Waals surface area contributed by atoms with Gasteiger partial charge in [-0.2, -0.15) is 0 Å². The Balaban J connectivity index is 1.04. The molecule has 0 amide bonds. The molecule has 0 aliphatic carbocycles. The molecule has 0 unspecified atom stereocenters. The highest BCUT2D eigenvalue weighted by Gasteiger charge is 2.14. The minimum Gasteiger partial charge on any atom is -0.311 e. The lowest BCUT2D eigenvalue weighted by Gasteiger charge is -2.26. The molecule has 1 aromatic heterocycles. The summed E-state index contributed by atoms with van der Waals surface area (Å²) >= 11 is 0. The SMILES string of the molecule is c1ccc(-c2ccc(N(c3ccccc3)c3ccc(-c4cccc(-c5cccc(-n6c7ccccc7c7ccccc76)c5)c4)cc3)cc2)cc1. The van der Waals surface area contributed by atoms with Crippen molar-refractivity contribution < 1.29 is 0 Å². The summed E-state index contributed by atoms with van der Waals surface area (Å²) in [5.41, 5.74) is 14.1. The van der Waals surface area contributed by atoms with Gasteiger partial charge in [0.1, 0.15) is 0 Å². The first-order chi connectivity index (χ1) is 24.8. The highest BCUT2D eigenvalue weighted by atomic mass is 15.1. The molecule has 8 aromatic carbocycles. The topological polar surface area (TPSA) is 8.17 Å². The lowest BCUT2D eigenvalue weighted by molar-refractivity contribution is 1.18. The third-order valence-corrected chi connectivity index (χ3v) is 9.59. The van der Waals surface area contributed by atoms with Crippen LogP contribution < -0.4 is 4.90 Å². The quantitative estimate of drug-likeness (QED) is 0.169. The van der Waals surface area contributed by atoms with E-state index in [1.165, 1.54) is 55.2 Å². The summed E-state index contributed by atoms with van der Waals surface area (Å²) in [6.07, 6.45) is 0. The van der Waals surface area contributed by atoms with Crippen molar-refractivity contribution in [2.75, 3.05) is 4.90 Å². The Hall–Kier alpha value is -6.64. The highest BCUT2D eigenvalue weighted by molar-refractivity contribution is 6.09. The van der Waals surface area contributed by atoms with Gasteiger partial charge in [-0.25, -0.2) is 0 Å². The van der Waals surface area contributed by atoms with Crippen LogP contribution >= 0.6 is 0 Å². The Bertz CT molecular complexity index is 2510. The molecule has 9 rings (SSSR count). The first-order valence-corrected chi connectivity index (χ1v) is 17.1. The van der Waals surface area contributed by atoms with E-state index in [1.807, 2.05) is 0 Å². The maximum atomic E-state index is 2.38. The maximum absolute atomic E-state index is 2.38. The largest absolute Gasteiger partial charge is 0.311 e. The van der Waals surface area contributed by atoms with E-state index in [9.17, 15) is 0 Å². The van der Waals surface area contributed by atoms with Crippen molar-refractivity contribution in [3.05, 3.63) is 206 Å². The Labute approximate surface area is 292 Å². The Kier molecular flexibility index (Phi) is 7.53. The number of para-hydroxylation sites is 3. The van der Waals surface area contributed by atoms with Gasteiger partial charge in [-0.15, -0.1) is 0 Å². The Morgan fingerprint density at radius 1 is 0.280 bits per heavy atom. The molecule has 0 aliphatic heterocycles. The molecule has 236 valence electrons. The molecule has 0 fully saturated rings. The lowest BCUT2D eigenvalue weighted by Crippen LogP contribution is -2.09. The predicted molar refractivity (Wildman–Crippen MR) is 212 cm³/mol. The molecule has 0 radical (unpaired) electrons. The van der Waals surface area contributed by atoms with E-state index in [4.69, 9.17) is 0 Å². The summed E-state index contributed by atoms with van der Waals surface area (Å²) < 4.78 is 2.38. The Morgan fingerprint density at radius 2 is 0.680 bits per heavy atom. The smallest absolute Gasteiger partial charge is 0.0541 e. The number of hydrogen-bond acceptors (Lipinski definition) is 1. The summed E-state index contributed by atoms with van der Waals surface area (Å²) in [6.45, 7) is 0. The minimum absolute atomic E-state index is 1.11. The fourth-order valence-electron chi connectivity index (χ4n) is 7.16. The van der Waals surface area contributed by atoms with Gasteiger partial charge in [0.25, 0.3) is 0 Å². The van der Waals surface area contributed by atoms with Crippen LogP contribution in [0.15, 0.2) is 206 Å². The highest BCUT2D eigenvalue weighted by Crippen LogP contribution is 2.38. The van der Waals surface area contributed by atoms with Crippen molar-refractivity contribution in [2.24, 2.45) is 0 Å². The molecule has 0 saturated heterocycles. The van der Waals surface area contributed by atoms with Crippen molar-refractivity contribution >= 4 is 38.9 Å². The van der Waals surface area contributed by atoms with Crippen LogP contribution in [-0.2, 0) is 0 Å². The van der Waals surface area contributed by atoms with Gasteiger partial charge >= 0.3 is 0 Å². The zero-order valence-electron chi connectivity index (χ0n) is 27.5. The van der Waals surface area contributed by atoms with E-state index in [2.05, 4.69) is 216 Å². The van der Waals surface area contributed by atoms with Gasteiger partial charge in [0.2, 0.25) is 0 Å². The van der Waals surface area contributed by atoms with Crippen molar-refractivity contribution in [3.8, 4) is 39.1 Å². The normalized spacial score (nSPS) is 11.2. The van der Waals surface area contributed by atoms with Crippen molar-refractivity contribution in [2.45, 2.75) is 0 Å². The molecule has 9 aromatic rings. The first kappa shape index (κ1) is 29.5. The van der Waals surface area contributed by atoms with Crippen LogP contribution in [0.3, 0.4) is 0 Å². The minimum atomic E-state index is 1.11. The predicted octanol–water partition coefficient (Wildman–Crippen LogP) is 13.3. The second-order valence-electron chi connectivity index (χ2n) is 12.6. The van der Waals surface area contributed by atoms with Crippen LogP contribution in [0.25, 0.3) is 60.9 Å². The summed E-state index contributed by atoms with van der Waals surface area (Å²) in [5, 5.41) is 2.54. The van der Waals surface area contributed by atoms with Crippen molar-refractivity contribution in [1.29, 1.82) is 0 Å². The summed E-state index contributed by atoms with van der Waals surface area (Å²) in [5.74, 6) is 0. The monoisotopic (exact) mass is 638 g/mol. The second-order valence-corrected chi connectivity index (χ2v) is 12.6. The van der Waals surface area contributed by atoms with Gasteiger partial charge in [0.15, 0.2) is 0 Å². The van der Waals surface area contributed by atoms with E-state index < -0.39 is 0 Å². The van der Waals surface area contributed by atoms with E-state index >= 15 is 0 Å². The summed E-state index contributed by atoms with van der Waals surface area (Å²) in [7, 11) is 0. The average molecular weight is 639 g/mol. The number of benzene rings is 8. The molecule has 50 heavy (non-hydrogen) atoms. The van der Waals surface area contributed by atoms with E-state index in [-0.39, 0.29) is 0 Å². The fraction of sp³-hybridized carbons (Fsp3) is 0. The molecule has 2 nitrogen and oxygen atoms in total. The maximum Gasteiger partial charge on any atom is 0.0541 e. The zero-order chi connectivity index (χ0) is 33.3. The van der Waals surface area contributed by atoms with Crippen LogP contribution in [0.4, 0.5) is 17.1 Å². The van der Waals surface area contributed by atoms with Gasteiger partial charge in [0, 0.05) is 33.5 Å². The average Bonchev–Trinajstić information content (AvgIpc) is 3.54. The van der Waals surface area contributed by atoms with E-state index in [0.717, 1.165) is 22.7 Å². The standard InChI is InChI=1S/C48H34N2/c1-3-13-35(14-4-1)36-25-29-42(30-26-36)49(41-18-5-2-6-19-41)43-31-27-37(28-32-43)38-15-11-16-39(33-38)40-17-12-20-44(34-40)50-47-23-9-7-21-45(47)46-22-8-10-24-48(46)50/h1-34H. The van der Waals surface area contributed by atoms with E-state index in [0.29, 0.717) is 0 Å². The van der Waals surface area contributed by atoms with Gasteiger partial charge in [-0.1, -0.05) is 140 Å². The first-order valence-electron chi connectivity index (χ1n) is 17.1. The molecule has 0 atom stereocenters. The second kappa shape index (κ2) is 12.8. The van der Waals surface area contributed by atoms with Crippen molar-refractivity contribution in [1.82, 2.24) is 4.57 Å². The molecule has 2 heteroatoms.